The Morgan fingerprint density at radius 2 is 1.94 bits per heavy atom. The van der Waals surface area contributed by atoms with Crippen molar-refractivity contribution in [1.82, 2.24) is 24.9 Å². The third-order valence-electron chi connectivity index (χ3n) is 2.55. The van der Waals surface area contributed by atoms with Gasteiger partial charge in [-0.25, -0.2) is 9.97 Å². The van der Waals surface area contributed by atoms with Crippen molar-refractivity contribution in [3.63, 3.8) is 0 Å². The van der Waals surface area contributed by atoms with Crippen LogP contribution >= 0.6 is 11.5 Å². The summed E-state index contributed by atoms with van der Waals surface area (Å²) >= 11 is 1.43. The third-order valence-corrected chi connectivity index (χ3v) is 3.36. The van der Waals surface area contributed by atoms with Crippen LogP contribution in [0, 0.1) is 0 Å². The molecule has 0 aliphatic heterocycles. The van der Waals surface area contributed by atoms with Crippen molar-refractivity contribution in [1.29, 1.82) is 0 Å². The molecular formula is C11H15N5S. The van der Waals surface area contributed by atoms with Crippen LogP contribution in [0.2, 0.25) is 0 Å². The second-order valence-electron chi connectivity index (χ2n) is 4.07. The minimum absolute atomic E-state index is 0.0635. The molecule has 0 fully saturated rings. The van der Waals surface area contributed by atoms with Gasteiger partial charge in [-0.1, -0.05) is 18.3 Å². The number of rotatable bonds is 4. The molecule has 0 bridgehead atoms. The molecule has 1 atom stereocenters. The lowest BCUT2D eigenvalue weighted by molar-refractivity contribution is 0.673. The number of aromatic nitrogens is 4. The first-order valence-electron chi connectivity index (χ1n) is 5.48. The average molecular weight is 249 g/mol. The fourth-order valence-corrected chi connectivity index (χ4v) is 2.66. The van der Waals surface area contributed by atoms with Crippen LogP contribution in [0.3, 0.4) is 0 Å². The first-order chi connectivity index (χ1) is 8.24. The van der Waals surface area contributed by atoms with E-state index in [4.69, 9.17) is 0 Å². The van der Waals surface area contributed by atoms with Gasteiger partial charge in [-0.05, 0) is 24.5 Å². The van der Waals surface area contributed by atoms with Gasteiger partial charge in [0.1, 0.15) is 6.33 Å². The molecule has 0 aromatic carbocycles. The summed E-state index contributed by atoms with van der Waals surface area (Å²) in [5, 5.41) is 7.46. The van der Waals surface area contributed by atoms with E-state index in [1.807, 2.05) is 19.4 Å². The van der Waals surface area contributed by atoms with Crippen LogP contribution in [-0.2, 0) is 0 Å². The highest BCUT2D eigenvalue weighted by atomic mass is 32.1. The standard InChI is InChI=1S/C11H15N5S/c1-7(2)9-11(17-16-15-9)10(12-3)8-4-13-6-14-5-8/h4-7,10,12H,1-3H3. The normalized spacial score (nSPS) is 12.9. The third kappa shape index (κ3) is 2.48. The van der Waals surface area contributed by atoms with E-state index >= 15 is 0 Å². The molecule has 0 aliphatic rings. The van der Waals surface area contributed by atoms with E-state index in [1.165, 1.54) is 17.9 Å². The van der Waals surface area contributed by atoms with Crippen molar-refractivity contribution < 1.29 is 0 Å². The highest BCUT2D eigenvalue weighted by Crippen LogP contribution is 2.29. The molecule has 90 valence electrons. The summed E-state index contributed by atoms with van der Waals surface area (Å²) in [4.78, 5) is 9.24. The van der Waals surface area contributed by atoms with Crippen LogP contribution in [0.4, 0.5) is 0 Å². The van der Waals surface area contributed by atoms with Gasteiger partial charge in [0.05, 0.1) is 16.6 Å². The highest BCUT2D eigenvalue weighted by molar-refractivity contribution is 7.05. The molecule has 1 N–H and O–H groups in total. The predicted octanol–water partition coefficient (Wildman–Crippen LogP) is 1.76. The van der Waals surface area contributed by atoms with Crippen molar-refractivity contribution in [3.8, 4) is 0 Å². The minimum atomic E-state index is 0.0635. The summed E-state index contributed by atoms with van der Waals surface area (Å²) < 4.78 is 4.05. The number of nitrogens with zero attached hydrogens (tertiary/aromatic N) is 4. The van der Waals surface area contributed by atoms with E-state index in [0.29, 0.717) is 5.92 Å². The van der Waals surface area contributed by atoms with E-state index in [-0.39, 0.29) is 6.04 Å². The molecule has 1 unspecified atom stereocenters. The molecule has 6 heteroatoms. The molecule has 17 heavy (non-hydrogen) atoms. The zero-order chi connectivity index (χ0) is 12.3. The van der Waals surface area contributed by atoms with Gasteiger partial charge in [-0.3, -0.25) is 0 Å². The van der Waals surface area contributed by atoms with E-state index < -0.39 is 0 Å². The Hall–Kier alpha value is -1.40. The average Bonchev–Trinajstić information content (AvgIpc) is 2.81. The van der Waals surface area contributed by atoms with Gasteiger partial charge in [0.2, 0.25) is 0 Å². The van der Waals surface area contributed by atoms with Gasteiger partial charge < -0.3 is 5.32 Å². The molecule has 2 aromatic rings. The zero-order valence-corrected chi connectivity index (χ0v) is 10.9. The Labute approximate surface area is 104 Å². The van der Waals surface area contributed by atoms with Crippen molar-refractivity contribution in [2.45, 2.75) is 25.8 Å². The number of nitrogens with one attached hydrogen (secondary N) is 1. The molecule has 2 rings (SSSR count). The van der Waals surface area contributed by atoms with Crippen molar-refractivity contribution >= 4 is 11.5 Å². The summed E-state index contributed by atoms with van der Waals surface area (Å²) in [5.41, 5.74) is 2.07. The second kappa shape index (κ2) is 5.29. The molecule has 5 nitrogen and oxygen atoms in total. The summed E-state index contributed by atoms with van der Waals surface area (Å²) in [6.07, 6.45) is 5.17. The molecule has 0 saturated carbocycles. The van der Waals surface area contributed by atoms with Crippen molar-refractivity contribution in [2.75, 3.05) is 7.05 Å². The predicted molar refractivity (Wildman–Crippen MR) is 66.9 cm³/mol. The van der Waals surface area contributed by atoms with Crippen molar-refractivity contribution in [2.24, 2.45) is 0 Å². The molecule has 0 aliphatic carbocycles. The largest absolute Gasteiger partial charge is 0.308 e. The van der Waals surface area contributed by atoms with E-state index in [9.17, 15) is 0 Å². The molecular weight excluding hydrogens is 234 g/mol. The maximum Gasteiger partial charge on any atom is 0.115 e. The SMILES string of the molecule is CNC(c1cncnc1)c1snnc1C(C)C. The van der Waals surface area contributed by atoms with Gasteiger partial charge in [-0.2, -0.15) is 0 Å². The lowest BCUT2D eigenvalue weighted by atomic mass is 10.0. The Balaban J connectivity index is 2.39. The van der Waals surface area contributed by atoms with Crippen LogP contribution < -0.4 is 5.32 Å². The van der Waals surface area contributed by atoms with E-state index in [1.54, 1.807) is 0 Å². The van der Waals surface area contributed by atoms with Crippen LogP contribution in [0.15, 0.2) is 18.7 Å². The van der Waals surface area contributed by atoms with Crippen LogP contribution in [0.5, 0.6) is 0 Å². The van der Waals surface area contributed by atoms with Gasteiger partial charge in [0.25, 0.3) is 0 Å². The first-order valence-corrected chi connectivity index (χ1v) is 6.25. The van der Waals surface area contributed by atoms with Crippen LogP contribution in [-0.4, -0.2) is 26.6 Å². The van der Waals surface area contributed by atoms with Crippen molar-refractivity contribution in [3.05, 3.63) is 34.9 Å². The maximum absolute atomic E-state index is 4.20. The smallest absolute Gasteiger partial charge is 0.115 e. The molecule has 0 saturated heterocycles. The summed E-state index contributed by atoms with van der Waals surface area (Å²) in [5.74, 6) is 0.365. The number of hydrogen-bond acceptors (Lipinski definition) is 6. The lowest BCUT2D eigenvalue weighted by Crippen LogP contribution is -2.18. The van der Waals surface area contributed by atoms with Gasteiger partial charge in [0.15, 0.2) is 0 Å². The van der Waals surface area contributed by atoms with E-state index in [2.05, 4.69) is 38.7 Å². The fourth-order valence-electron chi connectivity index (χ4n) is 1.71. The number of hydrogen-bond donors (Lipinski definition) is 1. The Morgan fingerprint density at radius 1 is 1.24 bits per heavy atom. The van der Waals surface area contributed by atoms with Gasteiger partial charge in [0, 0.05) is 18.0 Å². The quantitative estimate of drug-likeness (QED) is 0.894. The molecule has 2 aromatic heterocycles. The Bertz CT molecular complexity index is 468. The zero-order valence-electron chi connectivity index (χ0n) is 10.1. The highest BCUT2D eigenvalue weighted by Gasteiger charge is 2.21. The van der Waals surface area contributed by atoms with E-state index in [0.717, 1.165) is 16.1 Å². The lowest BCUT2D eigenvalue weighted by Gasteiger charge is -2.15. The fraction of sp³-hybridized carbons (Fsp3) is 0.455. The topological polar surface area (TPSA) is 63.6 Å². The first kappa shape index (κ1) is 12.1. The van der Waals surface area contributed by atoms with Gasteiger partial charge in [-0.15, -0.1) is 5.10 Å². The summed E-state index contributed by atoms with van der Waals surface area (Å²) in [6.45, 7) is 4.24. The van der Waals surface area contributed by atoms with Crippen LogP contribution in [0.1, 0.15) is 41.9 Å². The molecule has 2 heterocycles. The van der Waals surface area contributed by atoms with Gasteiger partial charge >= 0.3 is 0 Å². The second-order valence-corrected chi connectivity index (χ2v) is 4.86. The summed E-state index contributed by atoms with van der Waals surface area (Å²) in [7, 11) is 1.92. The summed E-state index contributed by atoms with van der Waals surface area (Å²) in [6, 6.07) is 0.0635. The minimum Gasteiger partial charge on any atom is -0.308 e. The Kier molecular flexibility index (Phi) is 3.75. The monoisotopic (exact) mass is 249 g/mol. The van der Waals surface area contributed by atoms with Crippen LogP contribution in [0.25, 0.3) is 0 Å². The maximum atomic E-state index is 4.20. The molecule has 0 spiro atoms. The molecule has 0 amide bonds. The molecule has 0 radical (unpaired) electrons. The Morgan fingerprint density at radius 3 is 2.53 bits per heavy atom.